The number of ether oxygens (including phenoxy) is 1. The maximum absolute atomic E-state index is 12.5. The number of carbonyl (C=O) groups is 1. The van der Waals surface area contributed by atoms with Gasteiger partial charge >= 0.3 is 6.09 Å². The first-order chi connectivity index (χ1) is 8.70. The van der Waals surface area contributed by atoms with E-state index in [9.17, 15) is 4.79 Å². The van der Waals surface area contributed by atoms with Gasteiger partial charge in [0.25, 0.3) is 0 Å². The quantitative estimate of drug-likeness (QED) is 0.371. The minimum atomic E-state index is -0.281. The zero-order chi connectivity index (χ0) is 14.4. The molecule has 2 aliphatic rings. The first-order valence-electron chi connectivity index (χ1n) is 7.58. The van der Waals surface area contributed by atoms with Gasteiger partial charge in [0.05, 0.1) is 7.05 Å². The van der Waals surface area contributed by atoms with Crippen LogP contribution in [0.15, 0.2) is 0 Å². The maximum Gasteiger partial charge on any atom is 0.536 e. The first kappa shape index (κ1) is 14.8. The normalized spacial score (nSPS) is 36.8. The predicted octanol–water partition coefficient (Wildman–Crippen LogP) is 3.07. The van der Waals surface area contributed by atoms with Crippen LogP contribution in [0.1, 0.15) is 53.4 Å². The van der Waals surface area contributed by atoms with Gasteiger partial charge in [-0.05, 0) is 57.3 Å². The van der Waals surface area contributed by atoms with Gasteiger partial charge in [-0.1, -0.05) is 13.8 Å². The number of quaternary nitrogens is 1. The molecule has 2 bridgehead atoms. The van der Waals surface area contributed by atoms with Crippen LogP contribution < -0.4 is 5.84 Å². The van der Waals surface area contributed by atoms with E-state index in [-0.39, 0.29) is 22.3 Å². The van der Waals surface area contributed by atoms with Crippen LogP contribution in [0.25, 0.3) is 0 Å². The van der Waals surface area contributed by atoms with Crippen molar-refractivity contribution in [1.29, 1.82) is 0 Å². The number of carbonyl (C=O) groups excluding carboxylic acids is 1. The van der Waals surface area contributed by atoms with Gasteiger partial charge in [-0.25, -0.2) is 0 Å². The molecule has 2 rings (SSSR count). The van der Waals surface area contributed by atoms with Crippen molar-refractivity contribution >= 4 is 6.09 Å². The Morgan fingerprint density at radius 3 is 2.32 bits per heavy atom. The smallest absolute Gasteiger partial charge is 0.412 e. The van der Waals surface area contributed by atoms with Crippen LogP contribution in [0.4, 0.5) is 4.79 Å². The lowest BCUT2D eigenvalue weighted by atomic mass is 9.76. The fourth-order valence-electron chi connectivity index (χ4n) is 3.74. The number of amides is 1. The second kappa shape index (κ2) is 4.74. The van der Waals surface area contributed by atoms with Gasteiger partial charge in [0.1, 0.15) is 11.6 Å². The molecule has 4 nitrogen and oxygen atoms in total. The van der Waals surface area contributed by atoms with Crippen molar-refractivity contribution in [3.63, 3.8) is 0 Å². The zero-order valence-corrected chi connectivity index (χ0v) is 13.0. The van der Waals surface area contributed by atoms with E-state index in [1.807, 2.05) is 13.8 Å². The fourth-order valence-corrected chi connectivity index (χ4v) is 3.74. The summed E-state index contributed by atoms with van der Waals surface area (Å²) in [6, 6.07) is 0.0234. The highest BCUT2D eigenvalue weighted by molar-refractivity contribution is 5.60. The highest BCUT2D eigenvalue weighted by Crippen LogP contribution is 2.55. The molecular formula is C15H29N2O2+. The van der Waals surface area contributed by atoms with Crippen molar-refractivity contribution < 1.29 is 14.1 Å². The van der Waals surface area contributed by atoms with Crippen molar-refractivity contribution in [3.8, 4) is 0 Å². The zero-order valence-electron chi connectivity index (χ0n) is 13.0. The minimum absolute atomic E-state index is 0.0234. The van der Waals surface area contributed by atoms with Crippen LogP contribution in [-0.4, -0.2) is 29.4 Å². The largest absolute Gasteiger partial charge is 0.536 e. The summed E-state index contributed by atoms with van der Waals surface area (Å²) in [5.41, 5.74) is -0.270. The molecule has 0 radical (unpaired) electrons. The van der Waals surface area contributed by atoms with Crippen molar-refractivity contribution in [2.24, 2.45) is 23.6 Å². The van der Waals surface area contributed by atoms with E-state index >= 15 is 0 Å². The van der Waals surface area contributed by atoms with Crippen molar-refractivity contribution in [2.45, 2.75) is 65.0 Å². The minimum Gasteiger partial charge on any atom is -0.412 e. The van der Waals surface area contributed by atoms with E-state index in [1.54, 1.807) is 7.05 Å². The molecule has 4 unspecified atom stereocenters. The molecule has 0 heterocycles. The summed E-state index contributed by atoms with van der Waals surface area (Å²) in [4.78, 5) is 12.5. The molecule has 2 saturated carbocycles. The lowest BCUT2D eigenvalue weighted by Gasteiger charge is -2.42. The average Bonchev–Trinajstić information content (AvgIpc) is 2.88. The summed E-state index contributed by atoms with van der Waals surface area (Å²) in [6.45, 7) is 8.24. The summed E-state index contributed by atoms with van der Waals surface area (Å²) >= 11 is 0. The second-order valence-electron chi connectivity index (χ2n) is 7.30. The van der Waals surface area contributed by atoms with Crippen LogP contribution in [0.3, 0.4) is 0 Å². The molecule has 0 aromatic carbocycles. The SMILES string of the molecule is CC(C)C1(OC(=O)[N+](C)(N)C(C)C)CC2CCC1C2. The molecule has 0 aromatic heterocycles. The van der Waals surface area contributed by atoms with Crippen LogP contribution >= 0.6 is 0 Å². The van der Waals surface area contributed by atoms with E-state index in [0.29, 0.717) is 11.8 Å². The summed E-state index contributed by atoms with van der Waals surface area (Å²) in [7, 11) is 1.73. The highest BCUT2D eigenvalue weighted by Gasteiger charge is 2.57. The molecule has 4 heteroatoms. The Morgan fingerprint density at radius 2 is 1.95 bits per heavy atom. The Morgan fingerprint density at radius 1 is 1.32 bits per heavy atom. The molecule has 110 valence electrons. The van der Waals surface area contributed by atoms with E-state index in [0.717, 1.165) is 12.3 Å². The summed E-state index contributed by atoms with van der Waals surface area (Å²) < 4.78 is 5.84. The number of hydrogen-bond acceptors (Lipinski definition) is 3. The van der Waals surface area contributed by atoms with Gasteiger partial charge in [-0.2, -0.15) is 10.6 Å². The maximum atomic E-state index is 12.5. The third-order valence-electron chi connectivity index (χ3n) is 5.56. The Bertz CT molecular complexity index is 365. The molecule has 1 amide bonds. The third-order valence-corrected chi connectivity index (χ3v) is 5.56. The van der Waals surface area contributed by atoms with Crippen molar-refractivity contribution in [1.82, 2.24) is 0 Å². The average molecular weight is 269 g/mol. The van der Waals surface area contributed by atoms with Gasteiger partial charge < -0.3 is 4.74 Å². The summed E-state index contributed by atoms with van der Waals surface area (Å²) in [5.74, 6) is 7.74. The number of nitrogens with zero attached hydrogens (tertiary/aromatic N) is 1. The van der Waals surface area contributed by atoms with Gasteiger partial charge in [0.2, 0.25) is 0 Å². The molecular weight excluding hydrogens is 240 g/mol. The molecule has 0 aliphatic heterocycles. The third kappa shape index (κ3) is 2.29. The number of fused-ring (bicyclic) bond motifs is 2. The molecule has 0 spiro atoms. The Kier molecular flexibility index (Phi) is 3.69. The monoisotopic (exact) mass is 269 g/mol. The summed E-state index contributed by atoms with van der Waals surface area (Å²) in [6.07, 6.45) is 4.47. The Hall–Kier alpha value is -0.610. The van der Waals surface area contributed by atoms with Crippen molar-refractivity contribution in [3.05, 3.63) is 0 Å². The second-order valence-corrected chi connectivity index (χ2v) is 7.30. The number of nitrogens with two attached hydrogens (primary N) is 1. The lowest BCUT2D eigenvalue weighted by molar-refractivity contribution is -0.872. The van der Waals surface area contributed by atoms with E-state index in [2.05, 4.69) is 13.8 Å². The molecule has 0 saturated heterocycles. The number of rotatable bonds is 3. The molecule has 19 heavy (non-hydrogen) atoms. The van der Waals surface area contributed by atoms with Crippen molar-refractivity contribution in [2.75, 3.05) is 7.05 Å². The van der Waals surface area contributed by atoms with Gasteiger partial charge in [-0.3, -0.25) is 0 Å². The standard InChI is InChI=1S/C15H29N2O2/c1-10(2)15(9-12-6-7-13(15)8-12)19-14(18)17(5,16)11(3)4/h10-13H,6-9,16H2,1-5H3/q+1. The Labute approximate surface area is 116 Å². The lowest BCUT2D eigenvalue weighted by Crippen LogP contribution is -2.62. The summed E-state index contributed by atoms with van der Waals surface area (Å²) in [5, 5.41) is 0. The molecule has 2 N–H and O–H groups in total. The van der Waals surface area contributed by atoms with Crippen LogP contribution in [-0.2, 0) is 4.74 Å². The fraction of sp³-hybridized carbons (Fsp3) is 0.933. The topological polar surface area (TPSA) is 52.3 Å². The molecule has 0 aromatic rings. The van der Waals surface area contributed by atoms with Crippen LogP contribution in [0.5, 0.6) is 0 Å². The Balaban J connectivity index is 2.17. The van der Waals surface area contributed by atoms with Crippen LogP contribution in [0, 0.1) is 17.8 Å². The van der Waals surface area contributed by atoms with Gasteiger partial charge in [0, 0.05) is 0 Å². The predicted molar refractivity (Wildman–Crippen MR) is 75.0 cm³/mol. The van der Waals surface area contributed by atoms with E-state index in [4.69, 9.17) is 10.6 Å². The van der Waals surface area contributed by atoms with E-state index < -0.39 is 0 Å². The molecule has 4 atom stereocenters. The molecule has 2 fully saturated rings. The number of hydrogen-bond donors (Lipinski definition) is 1. The van der Waals surface area contributed by atoms with Gasteiger partial charge in [0.15, 0.2) is 0 Å². The van der Waals surface area contributed by atoms with Gasteiger partial charge in [-0.15, -0.1) is 4.59 Å². The van der Waals surface area contributed by atoms with Crippen LogP contribution in [0.2, 0.25) is 0 Å². The first-order valence-corrected chi connectivity index (χ1v) is 7.58. The highest BCUT2D eigenvalue weighted by atomic mass is 16.6. The van der Waals surface area contributed by atoms with E-state index in [1.165, 1.54) is 19.3 Å². The molecule has 2 aliphatic carbocycles.